The molecule has 0 aromatic heterocycles. The fourth-order valence-corrected chi connectivity index (χ4v) is 1.45. The number of phosphoric acid groups is 2. The van der Waals surface area contributed by atoms with Gasteiger partial charge >= 0.3 is 37.4 Å². The van der Waals surface area contributed by atoms with Crippen LogP contribution in [0.25, 0.3) is 0 Å². The Labute approximate surface area is 101 Å². The Morgan fingerprint density at radius 1 is 1.21 bits per heavy atom. The monoisotopic (exact) mass is 260 g/mol. The van der Waals surface area contributed by atoms with E-state index in [4.69, 9.17) is 19.8 Å². The fourth-order valence-electron chi connectivity index (χ4n) is 0.451. The van der Waals surface area contributed by atoms with Gasteiger partial charge in [0.25, 0.3) is 13.8 Å². The summed E-state index contributed by atoms with van der Waals surface area (Å²) in [7, 11) is -10.5. The summed E-state index contributed by atoms with van der Waals surface area (Å²) in [6, 6.07) is 0. The van der Waals surface area contributed by atoms with Gasteiger partial charge in [0, 0.05) is 6.92 Å². The summed E-state index contributed by atoms with van der Waals surface area (Å²) in [6.45, 7) is 0.479. The van der Waals surface area contributed by atoms with Gasteiger partial charge in [-0.15, -0.1) is 0 Å². The number of phosphoric ester groups is 2. The molecule has 2 unspecified atom stereocenters. The van der Waals surface area contributed by atoms with Crippen molar-refractivity contribution in [3.05, 3.63) is 0 Å². The fraction of sp³-hybridized carbons (Fsp3) is 1.00. The third-order valence-electron chi connectivity index (χ3n) is 0.573. The summed E-state index contributed by atoms with van der Waals surface area (Å²) in [5.41, 5.74) is 0. The molecule has 0 saturated heterocycles. The third-order valence-corrected chi connectivity index (χ3v) is 1.72. The van der Waals surface area contributed by atoms with Crippen molar-refractivity contribution in [1.29, 1.82) is 0 Å². The second kappa shape index (κ2) is 5.49. The van der Waals surface area contributed by atoms with E-state index in [9.17, 15) is 14.0 Å². The summed E-state index contributed by atoms with van der Waals surface area (Å²) in [6.07, 6.45) is 0. The molecule has 0 rings (SSSR count). The average Bonchev–Trinajstić information content (AvgIpc) is 1.43. The van der Waals surface area contributed by atoms with Gasteiger partial charge in [0.1, 0.15) is 0 Å². The van der Waals surface area contributed by atoms with Gasteiger partial charge in [0.05, 0.1) is 0 Å². The largest absolute Gasteiger partial charge is 1.00 e. The molecule has 0 saturated carbocycles. The minimum Gasteiger partial charge on any atom is -0.756 e. The summed E-state index contributed by atoms with van der Waals surface area (Å²) in [5, 5.41) is 8.72. The Bertz CT molecular complexity index is 236. The molecule has 0 aromatic carbocycles. The van der Waals surface area contributed by atoms with E-state index in [1.807, 2.05) is 0 Å². The average molecular weight is 260 g/mol. The van der Waals surface area contributed by atoms with E-state index in [1.54, 1.807) is 0 Å². The van der Waals surface area contributed by atoms with Crippen LogP contribution in [0, 0.1) is 0 Å². The molecule has 14 heavy (non-hydrogen) atoms. The number of hydrogen-bond donors (Lipinski definition) is 4. The van der Waals surface area contributed by atoms with Gasteiger partial charge in [0.2, 0.25) is 0 Å². The first-order chi connectivity index (χ1) is 5.41. The molecule has 0 fully saturated rings. The number of rotatable bonds is 4. The van der Waals surface area contributed by atoms with Crippen LogP contribution in [-0.2, 0) is 18.2 Å². The van der Waals surface area contributed by atoms with Gasteiger partial charge < -0.3 is 24.7 Å². The van der Waals surface area contributed by atoms with Crippen LogP contribution in [0.5, 0.6) is 0 Å². The molecule has 0 spiro atoms. The molecular weight excluding hydrogens is 253 g/mol. The molecule has 80 valence electrons. The molecule has 0 heterocycles. The van der Waals surface area contributed by atoms with Gasteiger partial charge in [-0.25, -0.2) is 9.09 Å². The first-order valence-corrected chi connectivity index (χ1v) is 5.67. The maximum atomic E-state index is 10.1. The quantitative estimate of drug-likeness (QED) is 0.221. The maximum absolute atomic E-state index is 10.1. The molecule has 0 bridgehead atoms. The first-order valence-electron chi connectivity index (χ1n) is 2.64. The van der Waals surface area contributed by atoms with Crippen LogP contribution < -0.4 is 34.5 Å². The minimum absolute atomic E-state index is 0. The predicted molar refractivity (Wildman–Crippen MR) is 34.7 cm³/mol. The van der Waals surface area contributed by atoms with Crippen LogP contribution >= 0.6 is 15.6 Å². The molecule has 0 aliphatic heterocycles. The van der Waals surface area contributed by atoms with Crippen molar-refractivity contribution in [1.82, 2.24) is 0 Å². The molecule has 0 aliphatic carbocycles. The van der Waals surface area contributed by atoms with E-state index < -0.39 is 21.6 Å². The van der Waals surface area contributed by atoms with E-state index >= 15 is 0 Å². The molecule has 9 nitrogen and oxygen atoms in total. The van der Waals surface area contributed by atoms with Gasteiger partial charge in [0.15, 0.2) is 0 Å². The van der Waals surface area contributed by atoms with Crippen molar-refractivity contribution in [3.8, 4) is 0 Å². The van der Waals surface area contributed by atoms with Crippen LogP contribution in [-0.4, -0.2) is 25.8 Å². The van der Waals surface area contributed by atoms with Crippen LogP contribution in [0.3, 0.4) is 0 Å². The van der Waals surface area contributed by atoms with Crippen LogP contribution in [0.1, 0.15) is 6.92 Å². The Morgan fingerprint density at radius 2 is 1.57 bits per heavy atom. The second-order valence-corrected chi connectivity index (χ2v) is 4.32. The van der Waals surface area contributed by atoms with Gasteiger partial charge in [-0.2, -0.15) is 0 Å². The molecule has 12 heteroatoms. The zero-order chi connectivity index (χ0) is 10.9. The van der Waals surface area contributed by atoms with Crippen molar-refractivity contribution >= 4 is 15.6 Å². The Morgan fingerprint density at radius 3 is 1.79 bits per heavy atom. The maximum Gasteiger partial charge on any atom is 1.00 e. The van der Waals surface area contributed by atoms with E-state index in [1.165, 1.54) is 0 Å². The Hall–Kier alpha value is 1.18. The number of aliphatic hydroxyl groups is 1. The van der Waals surface area contributed by atoms with Gasteiger partial charge in [-0.05, 0) is 0 Å². The minimum atomic E-state index is -5.34. The Balaban J connectivity index is 0. The van der Waals surface area contributed by atoms with E-state index in [2.05, 4.69) is 9.05 Å². The summed E-state index contributed by atoms with van der Waals surface area (Å²) in [5.74, 6) is -3.12. The zero-order valence-corrected chi connectivity index (χ0v) is 11.0. The predicted octanol–water partition coefficient (Wildman–Crippen LogP) is -4.76. The molecule has 0 aliphatic rings. The molecule has 4 N–H and O–H groups in total. The van der Waals surface area contributed by atoms with Crippen molar-refractivity contribution < 1.29 is 72.4 Å². The SMILES string of the molecule is CC(O)(OP(=O)([O-])O)OP(=O)(O)O.[Na+]. The van der Waals surface area contributed by atoms with Crippen LogP contribution in [0.15, 0.2) is 0 Å². The number of hydrogen-bond acceptors (Lipinski definition) is 6. The van der Waals surface area contributed by atoms with E-state index in [-0.39, 0.29) is 29.6 Å². The molecule has 0 aromatic rings. The van der Waals surface area contributed by atoms with Gasteiger partial charge in [-0.3, -0.25) is 9.09 Å². The summed E-state index contributed by atoms with van der Waals surface area (Å²) < 4.78 is 27.0. The standard InChI is InChI=1S/C2H8O9P2.Na/c1-2(3,10-12(4,5)6)11-13(7,8)9;/h3H,1H3,(H2,4,5,6)(H2,7,8,9);/q;+1/p-1. The molecular formula is C2H7NaO9P2. The molecule has 2 atom stereocenters. The van der Waals surface area contributed by atoms with Gasteiger partial charge in [-0.1, -0.05) is 0 Å². The second-order valence-electron chi connectivity index (χ2n) is 2.04. The molecule has 0 radical (unpaired) electrons. The van der Waals surface area contributed by atoms with Crippen molar-refractivity contribution in [2.75, 3.05) is 0 Å². The summed E-state index contributed by atoms with van der Waals surface area (Å²) >= 11 is 0. The topological polar surface area (TPSA) is 157 Å². The van der Waals surface area contributed by atoms with Crippen molar-refractivity contribution in [3.63, 3.8) is 0 Å². The molecule has 0 amide bonds. The van der Waals surface area contributed by atoms with Crippen molar-refractivity contribution in [2.24, 2.45) is 0 Å². The third kappa shape index (κ3) is 11.3. The van der Waals surface area contributed by atoms with Crippen LogP contribution in [0.2, 0.25) is 0 Å². The first kappa shape index (κ1) is 17.6. The van der Waals surface area contributed by atoms with E-state index in [0.717, 1.165) is 0 Å². The van der Waals surface area contributed by atoms with Crippen molar-refractivity contribution in [2.45, 2.75) is 12.9 Å². The zero-order valence-electron chi connectivity index (χ0n) is 7.22. The normalized spacial score (nSPS) is 20.4. The van der Waals surface area contributed by atoms with Crippen LogP contribution in [0.4, 0.5) is 0 Å². The Kier molecular flexibility index (Phi) is 6.89. The smallest absolute Gasteiger partial charge is 0.756 e. The summed E-state index contributed by atoms with van der Waals surface area (Å²) in [4.78, 5) is 34.3. The van der Waals surface area contributed by atoms with E-state index in [0.29, 0.717) is 6.92 Å².